The average molecular weight is 228 g/mol. The van der Waals surface area contributed by atoms with Gasteiger partial charge in [0.05, 0.1) is 5.69 Å². The number of amides is 2. The third-order valence-corrected chi connectivity index (χ3v) is 2.64. The number of hydrogen-bond donors (Lipinski definition) is 3. The number of anilines is 1. The zero-order valence-electron chi connectivity index (χ0n) is 8.69. The molecule has 1 heterocycles. The van der Waals surface area contributed by atoms with Gasteiger partial charge in [-0.3, -0.25) is 0 Å². The van der Waals surface area contributed by atoms with Crippen LogP contribution in [0.25, 0.3) is 0 Å². The van der Waals surface area contributed by atoms with Crippen LogP contribution in [-0.2, 0) is 0 Å². The second-order valence-electron chi connectivity index (χ2n) is 3.38. The molecule has 2 amide bonds. The van der Waals surface area contributed by atoms with Crippen molar-refractivity contribution in [2.75, 3.05) is 11.9 Å². The Bertz CT molecular complexity index is 288. The van der Waals surface area contributed by atoms with Crippen molar-refractivity contribution in [1.82, 2.24) is 5.32 Å². The van der Waals surface area contributed by atoms with E-state index in [0.29, 0.717) is 6.42 Å². The molecule has 0 aliphatic carbocycles. The van der Waals surface area contributed by atoms with Crippen LogP contribution in [0.4, 0.5) is 10.5 Å². The van der Waals surface area contributed by atoms with Crippen molar-refractivity contribution in [2.45, 2.75) is 25.8 Å². The van der Waals surface area contributed by atoms with Crippen LogP contribution in [0, 0.1) is 0 Å². The number of rotatable bonds is 5. The van der Waals surface area contributed by atoms with Gasteiger partial charge in [0, 0.05) is 18.0 Å². The Hall–Kier alpha value is -1.07. The summed E-state index contributed by atoms with van der Waals surface area (Å²) in [6.07, 6.45) is 1.49. The Morgan fingerprint density at radius 1 is 1.67 bits per heavy atom. The van der Waals surface area contributed by atoms with E-state index in [9.17, 15) is 4.79 Å². The number of nitrogens with one attached hydrogen (secondary N) is 2. The van der Waals surface area contributed by atoms with E-state index < -0.39 is 0 Å². The Balaban J connectivity index is 2.23. The molecular formula is C10H16N2O2S. The van der Waals surface area contributed by atoms with E-state index in [4.69, 9.17) is 5.11 Å². The maximum atomic E-state index is 11.4. The standard InChI is InChI=1S/C10H16N2O2S/c1-8(3-2-5-13)11-10(14)12-9-4-6-15-7-9/h4,6-8,13H,2-3,5H2,1H3,(H2,11,12,14). The molecule has 0 saturated carbocycles. The lowest BCUT2D eigenvalue weighted by Gasteiger charge is -2.13. The zero-order chi connectivity index (χ0) is 11.1. The molecule has 0 aliphatic rings. The maximum absolute atomic E-state index is 11.4. The second kappa shape index (κ2) is 6.42. The molecule has 1 atom stereocenters. The molecule has 1 unspecified atom stereocenters. The van der Waals surface area contributed by atoms with Crippen LogP contribution in [0.2, 0.25) is 0 Å². The first-order chi connectivity index (χ1) is 7.22. The van der Waals surface area contributed by atoms with Crippen molar-refractivity contribution in [2.24, 2.45) is 0 Å². The van der Waals surface area contributed by atoms with Crippen LogP contribution >= 0.6 is 11.3 Å². The lowest BCUT2D eigenvalue weighted by atomic mass is 10.2. The smallest absolute Gasteiger partial charge is 0.319 e. The number of urea groups is 1. The van der Waals surface area contributed by atoms with E-state index in [1.807, 2.05) is 23.8 Å². The van der Waals surface area contributed by atoms with Crippen LogP contribution < -0.4 is 10.6 Å². The summed E-state index contributed by atoms with van der Waals surface area (Å²) in [5.74, 6) is 0. The fraction of sp³-hybridized carbons (Fsp3) is 0.500. The number of aliphatic hydroxyl groups is 1. The van der Waals surface area contributed by atoms with Crippen molar-refractivity contribution in [3.05, 3.63) is 16.8 Å². The van der Waals surface area contributed by atoms with Crippen molar-refractivity contribution >= 4 is 23.1 Å². The molecule has 5 heteroatoms. The van der Waals surface area contributed by atoms with E-state index >= 15 is 0 Å². The molecule has 1 aromatic heterocycles. The van der Waals surface area contributed by atoms with Gasteiger partial charge in [0.25, 0.3) is 0 Å². The van der Waals surface area contributed by atoms with Gasteiger partial charge in [0.1, 0.15) is 0 Å². The molecule has 3 N–H and O–H groups in total. The Morgan fingerprint density at radius 3 is 3.07 bits per heavy atom. The number of aliphatic hydroxyl groups excluding tert-OH is 1. The molecular weight excluding hydrogens is 212 g/mol. The van der Waals surface area contributed by atoms with Crippen LogP contribution in [0.1, 0.15) is 19.8 Å². The number of carbonyl (C=O) groups excluding carboxylic acids is 1. The molecule has 1 aromatic rings. The summed E-state index contributed by atoms with van der Waals surface area (Å²) in [5.41, 5.74) is 0.812. The van der Waals surface area contributed by atoms with Crippen LogP contribution in [0.3, 0.4) is 0 Å². The monoisotopic (exact) mass is 228 g/mol. The highest BCUT2D eigenvalue weighted by Gasteiger charge is 2.06. The summed E-state index contributed by atoms with van der Waals surface area (Å²) in [7, 11) is 0. The molecule has 0 fully saturated rings. The highest BCUT2D eigenvalue weighted by molar-refractivity contribution is 7.08. The molecule has 0 saturated heterocycles. The molecule has 1 rings (SSSR count). The normalized spacial score (nSPS) is 12.1. The van der Waals surface area contributed by atoms with Crippen molar-refractivity contribution in [3.8, 4) is 0 Å². The predicted molar refractivity (Wildman–Crippen MR) is 62.3 cm³/mol. The van der Waals surface area contributed by atoms with Gasteiger partial charge in [-0.15, -0.1) is 0 Å². The van der Waals surface area contributed by atoms with Crippen LogP contribution in [0.5, 0.6) is 0 Å². The van der Waals surface area contributed by atoms with Crippen molar-refractivity contribution < 1.29 is 9.90 Å². The van der Waals surface area contributed by atoms with Gasteiger partial charge in [-0.1, -0.05) is 0 Å². The average Bonchev–Trinajstić information content (AvgIpc) is 2.67. The summed E-state index contributed by atoms with van der Waals surface area (Å²) in [6, 6.07) is 1.73. The summed E-state index contributed by atoms with van der Waals surface area (Å²) < 4.78 is 0. The minimum atomic E-state index is -0.196. The Labute approximate surface area is 93.3 Å². The van der Waals surface area contributed by atoms with Gasteiger partial charge in [-0.2, -0.15) is 11.3 Å². The third kappa shape index (κ3) is 4.80. The largest absolute Gasteiger partial charge is 0.396 e. The van der Waals surface area contributed by atoms with E-state index in [-0.39, 0.29) is 18.7 Å². The zero-order valence-corrected chi connectivity index (χ0v) is 9.51. The Kier molecular flexibility index (Phi) is 5.14. The van der Waals surface area contributed by atoms with Gasteiger partial charge in [-0.25, -0.2) is 4.79 Å². The number of carbonyl (C=O) groups is 1. The van der Waals surface area contributed by atoms with E-state index in [2.05, 4.69) is 10.6 Å². The number of hydrogen-bond acceptors (Lipinski definition) is 3. The molecule has 0 bridgehead atoms. The fourth-order valence-electron chi connectivity index (χ4n) is 1.20. The molecule has 84 valence electrons. The highest BCUT2D eigenvalue weighted by Crippen LogP contribution is 2.11. The maximum Gasteiger partial charge on any atom is 0.319 e. The summed E-state index contributed by atoms with van der Waals surface area (Å²) in [4.78, 5) is 11.4. The minimum absolute atomic E-state index is 0.0794. The first-order valence-corrected chi connectivity index (χ1v) is 5.87. The third-order valence-electron chi connectivity index (χ3n) is 1.95. The molecule has 0 aliphatic heterocycles. The lowest BCUT2D eigenvalue weighted by Crippen LogP contribution is -2.36. The van der Waals surface area contributed by atoms with E-state index in [1.54, 1.807) is 0 Å². The summed E-state index contributed by atoms with van der Waals surface area (Å²) >= 11 is 1.54. The quantitative estimate of drug-likeness (QED) is 0.722. The predicted octanol–water partition coefficient (Wildman–Crippen LogP) is 2.03. The van der Waals surface area contributed by atoms with Crippen molar-refractivity contribution in [1.29, 1.82) is 0 Å². The highest BCUT2D eigenvalue weighted by atomic mass is 32.1. The van der Waals surface area contributed by atoms with Gasteiger partial charge in [0.15, 0.2) is 0 Å². The van der Waals surface area contributed by atoms with Gasteiger partial charge in [-0.05, 0) is 31.2 Å². The lowest BCUT2D eigenvalue weighted by molar-refractivity contribution is 0.245. The topological polar surface area (TPSA) is 61.4 Å². The summed E-state index contributed by atoms with van der Waals surface area (Å²) in [6.45, 7) is 2.08. The SMILES string of the molecule is CC(CCCO)NC(=O)Nc1ccsc1. The van der Waals surface area contributed by atoms with Gasteiger partial charge < -0.3 is 15.7 Å². The molecule has 0 aromatic carbocycles. The molecule has 0 spiro atoms. The molecule has 15 heavy (non-hydrogen) atoms. The Morgan fingerprint density at radius 2 is 2.47 bits per heavy atom. The van der Waals surface area contributed by atoms with Gasteiger partial charge in [0.2, 0.25) is 0 Å². The second-order valence-corrected chi connectivity index (χ2v) is 4.16. The van der Waals surface area contributed by atoms with Crippen molar-refractivity contribution in [3.63, 3.8) is 0 Å². The van der Waals surface area contributed by atoms with E-state index in [0.717, 1.165) is 12.1 Å². The first kappa shape index (κ1) is 12.0. The minimum Gasteiger partial charge on any atom is -0.396 e. The van der Waals surface area contributed by atoms with Crippen LogP contribution in [-0.4, -0.2) is 23.8 Å². The molecule has 0 radical (unpaired) electrons. The fourth-order valence-corrected chi connectivity index (χ4v) is 1.78. The summed E-state index contributed by atoms with van der Waals surface area (Å²) in [5, 5.41) is 17.9. The van der Waals surface area contributed by atoms with E-state index in [1.165, 1.54) is 11.3 Å². The first-order valence-electron chi connectivity index (χ1n) is 4.93. The van der Waals surface area contributed by atoms with Gasteiger partial charge >= 0.3 is 6.03 Å². The number of thiophene rings is 1. The molecule has 4 nitrogen and oxygen atoms in total. The van der Waals surface area contributed by atoms with Crippen LogP contribution in [0.15, 0.2) is 16.8 Å².